The van der Waals surface area contributed by atoms with Gasteiger partial charge in [0, 0.05) is 19.3 Å². The van der Waals surface area contributed by atoms with Gasteiger partial charge in [0.15, 0.2) is 0 Å². The first-order valence-corrected chi connectivity index (χ1v) is 6.10. The van der Waals surface area contributed by atoms with Crippen molar-refractivity contribution in [2.75, 3.05) is 25.6 Å². The standard InChI is InChI=1S/C14H21NO3/c1-11-4-6-13(7-5-11)15-9-8-14(16)18-12(2)10-17-3/h4-7,12,15H,8-10H2,1-3H3. The van der Waals surface area contributed by atoms with Crippen LogP contribution in [0.25, 0.3) is 0 Å². The number of esters is 1. The average Bonchev–Trinajstić information content (AvgIpc) is 2.32. The van der Waals surface area contributed by atoms with Gasteiger partial charge in [0.2, 0.25) is 0 Å². The summed E-state index contributed by atoms with van der Waals surface area (Å²) in [5, 5.41) is 3.18. The second-order valence-electron chi connectivity index (χ2n) is 4.30. The number of carbonyl (C=O) groups is 1. The van der Waals surface area contributed by atoms with E-state index < -0.39 is 0 Å². The molecule has 100 valence electrons. The number of methoxy groups -OCH3 is 1. The molecule has 0 aliphatic heterocycles. The highest BCUT2D eigenvalue weighted by Gasteiger charge is 2.08. The Balaban J connectivity index is 2.21. The SMILES string of the molecule is COCC(C)OC(=O)CCNc1ccc(C)cc1. The first-order chi connectivity index (χ1) is 8.61. The molecule has 0 heterocycles. The van der Waals surface area contributed by atoms with Crippen LogP contribution in [0, 0.1) is 6.92 Å². The van der Waals surface area contributed by atoms with Crippen molar-refractivity contribution in [2.45, 2.75) is 26.4 Å². The average molecular weight is 251 g/mol. The third kappa shape index (κ3) is 5.68. The summed E-state index contributed by atoms with van der Waals surface area (Å²) in [4.78, 5) is 11.5. The third-order valence-corrected chi connectivity index (χ3v) is 2.44. The summed E-state index contributed by atoms with van der Waals surface area (Å²) < 4.78 is 10.0. The molecule has 1 unspecified atom stereocenters. The Bertz CT molecular complexity index is 362. The Morgan fingerprint density at radius 2 is 2.00 bits per heavy atom. The maximum Gasteiger partial charge on any atom is 0.307 e. The number of carbonyl (C=O) groups excluding carboxylic acids is 1. The minimum atomic E-state index is -0.209. The fraction of sp³-hybridized carbons (Fsp3) is 0.500. The fourth-order valence-corrected chi connectivity index (χ4v) is 1.53. The number of rotatable bonds is 7. The molecule has 0 bridgehead atoms. The van der Waals surface area contributed by atoms with Gasteiger partial charge in [-0.1, -0.05) is 17.7 Å². The van der Waals surface area contributed by atoms with Gasteiger partial charge in [0.25, 0.3) is 0 Å². The Morgan fingerprint density at radius 3 is 2.61 bits per heavy atom. The molecule has 0 amide bonds. The van der Waals surface area contributed by atoms with Gasteiger partial charge in [-0.3, -0.25) is 4.79 Å². The normalized spacial score (nSPS) is 11.9. The van der Waals surface area contributed by atoms with E-state index in [1.807, 2.05) is 38.1 Å². The van der Waals surface area contributed by atoms with Crippen LogP contribution in [-0.2, 0) is 14.3 Å². The highest BCUT2D eigenvalue weighted by molar-refractivity contribution is 5.70. The van der Waals surface area contributed by atoms with E-state index in [1.54, 1.807) is 7.11 Å². The highest BCUT2D eigenvalue weighted by atomic mass is 16.6. The van der Waals surface area contributed by atoms with E-state index in [-0.39, 0.29) is 12.1 Å². The third-order valence-electron chi connectivity index (χ3n) is 2.44. The van der Waals surface area contributed by atoms with Gasteiger partial charge in [0.1, 0.15) is 6.10 Å². The molecule has 4 heteroatoms. The first-order valence-electron chi connectivity index (χ1n) is 6.10. The molecule has 1 N–H and O–H groups in total. The van der Waals surface area contributed by atoms with Crippen LogP contribution in [0.15, 0.2) is 24.3 Å². The predicted octanol–water partition coefficient (Wildman–Crippen LogP) is 2.38. The van der Waals surface area contributed by atoms with Gasteiger partial charge in [-0.25, -0.2) is 0 Å². The number of ether oxygens (including phenoxy) is 2. The molecule has 1 aromatic rings. The van der Waals surface area contributed by atoms with Crippen molar-refractivity contribution in [3.05, 3.63) is 29.8 Å². The van der Waals surface area contributed by atoms with Gasteiger partial charge >= 0.3 is 5.97 Å². The van der Waals surface area contributed by atoms with Crippen molar-refractivity contribution in [3.63, 3.8) is 0 Å². The molecule has 1 rings (SSSR count). The Morgan fingerprint density at radius 1 is 1.33 bits per heavy atom. The molecular formula is C14H21NO3. The lowest BCUT2D eigenvalue weighted by Crippen LogP contribution is -2.21. The van der Waals surface area contributed by atoms with Crippen LogP contribution in [0.3, 0.4) is 0 Å². The van der Waals surface area contributed by atoms with Crippen molar-refractivity contribution in [1.29, 1.82) is 0 Å². The van der Waals surface area contributed by atoms with E-state index in [0.717, 1.165) is 5.69 Å². The molecule has 0 fully saturated rings. The zero-order valence-electron chi connectivity index (χ0n) is 11.2. The topological polar surface area (TPSA) is 47.6 Å². The van der Waals surface area contributed by atoms with Crippen LogP contribution in [0.4, 0.5) is 5.69 Å². The maximum absolute atomic E-state index is 11.5. The van der Waals surface area contributed by atoms with Gasteiger partial charge < -0.3 is 14.8 Å². The summed E-state index contributed by atoms with van der Waals surface area (Å²) in [6, 6.07) is 8.05. The van der Waals surface area contributed by atoms with E-state index in [1.165, 1.54) is 5.56 Å². The van der Waals surface area contributed by atoms with Gasteiger partial charge in [-0.15, -0.1) is 0 Å². The lowest BCUT2D eigenvalue weighted by molar-refractivity contribution is -0.150. The number of hydrogen-bond donors (Lipinski definition) is 1. The van der Waals surface area contributed by atoms with E-state index in [0.29, 0.717) is 19.6 Å². The number of nitrogens with one attached hydrogen (secondary N) is 1. The molecule has 4 nitrogen and oxygen atoms in total. The Labute approximate surface area is 108 Å². The molecule has 0 aliphatic rings. The minimum Gasteiger partial charge on any atom is -0.460 e. The largest absolute Gasteiger partial charge is 0.460 e. The number of aryl methyl sites for hydroxylation is 1. The minimum absolute atomic E-state index is 0.193. The Hall–Kier alpha value is -1.55. The molecule has 0 aromatic heterocycles. The summed E-state index contributed by atoms with van der Waals surface area (Å²) >= 11 is 0. The summed E-state index contributed by atoms with van der Waals surface area (Å²) in [6.45, 7) is 4.85. The molecule has 1 aromatic carbocycles. The second kappa shape index (κ2) is 7.71. The highest BCUT2D eigenvalue weighted by Crippen LogP contribution is 2.08. The maximum atomic E-state index is 11.5. The summed E-state index contributed by atoms with van der Waals surface area (Å²) in [5.74, 6) is -0.209. The monoisotopic (exact) mass is 251 g/mol. The molecule has 0 spiro atoms. The van der Waals surface area contributed by atoms with Gasteiger partial charge in [-0.2, -0.15) is 0 Å². The summed E-state index contributed by atoms with van der Waals surface area (Å²) in [7, 11) is 1.59. The molecule has 1 atom stereocenters. The molecule has 18 heavy (non-hydrogen) atoms. The predicted molar refractivity (Wildman–Crippen MR) is 71.7 cm³/mol. The van der Waals surface area contributed by atoms with E-state index in [2.05, 4.69) is 5.32 Å². The zero-order chi connectivity index (χ0) is 13.4. The zero-order valence-corrected chi connectivity index (χ0v) is 11.2. The fourth-order valence-electron chi connectivity index (χ4n) is 1.53. The van der Waals surface area contributed by atoms with Crippen LogP contribution < -0.4 is 5.32 Å². The van der Waals surface area contributed by atoms with Crippen molar-refractivity contribution in [1.82, 2.24) is 0 Å². The summed E-state index contributed by atoms with van der Waals surface area (Å²) in [5.41, 5.74) is 2.23. The second-order valence-corrected chi connectivity index (χ2v) is 4.30. The number of hydrogen-bond acceptors (Lipinski definition) is 4. The van der Waals surface area contributed by atoms with Crippen molar-refractivity contribution >= 4 is 11.7 Å². The quantitative estimate of drug-likeness (QED) is 0.756. The van der Waals surface area contributed by atoms with Crippen LogP contribution in [0.1, 0.15) is 18.9 Å². The lowest BCUT2D eigenvalue weighted by Gasteiger charge is -2.12. The number of benzene rings is 1. The molecule has 0 aliphatic carbocycles. The van der Waals surface area contributed by atoms with Crippen molar-refractivity contribution in [3.8, 4) is 0 Å². The van der Waals surface area contributed by atoms with E-state index >= 15 is 0 Å². The van der Waals surface area contributed by atoms with Crippen LogP contribution in [-0.4, -0.2) is 32.3 Å². The van der Waals surface area contributed by atoms with Crippen LogP contribution in [0.2, 0.25) is 0 Å². The van der Waals surface area contributed by atoms with Crippen molar-refractivity contribution < 1.29 is 14.3 Å². The first kappa shape index (κ1) is 14.5. The lowest BCUT2D eigenvalue weighted by atomic mass is 10.2. The number of anilines is 1. The molecular weight excluding hydrogens is 230 g/mol. The summed E-state index contributed by atoms with van der Waals surface area (Å²) in [6.07, 6.45) is 0.156. The van der Waals surface area contributed by atoms with Crippen LogP contribution >= 0.6 is 0 Å². The van der Waals surface area contributed by atoms with Crippen LogP contribution in [0.5, 0.6) is 0 Å². The molecule has 0 saturated heterocycles. The smallest absolute Gasteiger partial charge is 0.307 e. The molecule has 0 saturated carbocycles. The molecule has 0 radical (unpaired) electrons. The van der Waals surface area contributed by atoms with Gasteiger partial charge in [0.05, 0.1) is 13.0 Å². The van der Waals surface area contributed by atoms with Gasteiger partial charge in [-0.05, 0) is 26.0 Å². The van der Waals surface area contributed by atoms with E-state index in [9.17, 15) is 4.79 Å². The van der Waals surface area contributed by atoms with Crippen molar-refractivity contribution in [2.24, 2.45) is 0 Å². The Kier molecular flexibility index (Phi) is 6.22. The van der Waals surface area contributed by atoms with E-state index in [4.69, 9.17) is 9.47 Å².